The second-order valence-corrected chi connectivity index (χ2v) is 8.31. The van der Waals surface area contributed by atoms with E-state index in [0.717, 1.165) is 6.08 Å². The summed E-state index contributed by atoms with van der Waals surface area (Å²) in [5, 5.41) is 0. The molecule has 0 unspecified atom stereocenters. The van der Waals surface area contributed by atoms with Gasteiger partial charge in [-0.2, -0.15) is 4.31 Å². The van der Waals surface area contributed by atoms with E-state index in [4.69, 9.17) is 4.74 Å². The molecular formula is C19H17F4N3O4S. The molecule has 0 aromatic heterocycles. The van der Waals surface area contributed by atoms with Crippen LogP contribution in [0.5, 0.6) is 0 Å². The van der Waals surface area contributed by atoms with E-state index in [0.29, 0.717) is 18.8 Å². The molecule has 1 aliphatic heterocycles. The Hall–Kier alpha value is -2.96. The van der Waals surface area contributed by atoms with Crippen LogP contribution in [-0.2, 0) is 19.6 Å². The van der Waals surface area contributed by atoms with Crippen molar-refractivity contribution in [2.45, 2.75) is 4.90 Å². The van der Waals surface area contributed by atoms with Gasteiger partial charge in [-0.3, -0.25) is 15.6 Å². The van der Waals surface area contributed by atoms with Gasteiger partial charge < -0.3 is 4.74 Å². The summed E-state index contributed by atoms with van der Waals surface area (Å²) in [6.07, 6.45) is 2.28. The molecule has 1 fully saturated rings. The van der Waals surface area contributed by atoms with Crippen molar-refractivity contribution in [2.75, 3.05) is 31.7 Å². The van der Waals surface area contributed by atoms with Gasteiger partial charge in [0.2, 0.25) is 10.0 Å². The minimum Gasteiger partial charge on any atom is -0.379 e. The number of amides is 1. The van der Waals surface area contributed by atoms with Crippen LogP contribution in [0.1, 0.15) is 5.56 Å². The SMILES string of the molecule is O=C(C=Cc1ccc(S(=O)(=O)N2CCOCC2)cc1)NNc1c(F)c(F)cc(F)c1F. The zero-order valence-electron chi connectivity index (χ0n) is 15.9. The summed E-state index contributed by atoms with van der Waals surface area (Å²) in [4.78, 5) is 11.9. The first-order valence-corrected chi connectivity index (χ1v) is 10.4. The highest BCUT2D eigenvalue weighted by Crippen LogP contribution is 2.23. The number of rotatable bonds is 6. The van der Waals surface area contributed by atoms with E-state index < -0.39 is 44.9 Å². The molecule has 166 valence electrons. The van der Waals surface area contributed by atoms with Crippen LogP contribution in [0.2, 0.25) is 0 Å². The van der Waals surface area contributed by atoms with Crippen LogP contribution in [0.25, 0.3) is 6.08 Å². The van der Waals surface area contributed by atoms with Crippen LogP contribution >= 0.6 is 0 Å². The number of carbonyl (C=O) groups is 1. The first-order valence-electron chi connectivity index (χ1n) is 8.95. The number of hydrogen-bond acceptors (Lipinski definition) is 5. The lowest BCUT2D eigenvalue weighted by molar-refractivity contribution is -0.116. The van der Waals surface area contributed by atoms with E-state index >= 15 is 0 Å². The molecule has 2 aromatic rings. The Labute approximate surface area is 175 Å². The van der Waals surface area contributed by atoms with E-state index in [9.17, 15) is 30.8 Å². The Kier molecular flexibility index (Phi) is 6.93. The van der Waals surface area contributed by atoms with E-state index in [1.165, 1.54) is 34.6 Å². The van der Waals surface area contributed by atoms with Gasteiger partial charge in [-0.15, -0.1) is 0 Å². The topological polar surface area (TPSA) is 87.7 Å². The lowest BCUT2D eigenvalue weighted by Crippen LogP contribution is -2.40. The van der Waals surface area contributed by atoms with E-state index in [2.05, 4.69) is 0 Å². The number of hydrogen-bond donors (Lipinski definition) is 2. The average molecular weight is 459 g/mol. The maximum absolute atomic E-state index is 13.5. The predicted octanol–water partition coefficient (Wildman–Crippen LogP) is 2.42. The fraction of sp³-hybridized carbons (Fsp3) is 0.211. The molecule has 0 aliphatic carbocycles. The quantitative estimate of drug-likeness (QED) is 0.300. The molecule has 12 heteroatoms. The van der Waals surface area contributed by atoms with Crippen molar-refractivity contribution in [3.63, 3.8) is 0 Å². The van der Waals surface area contributed by atoms with Gasteiger partial charge in [0.25, 0.3) is 5.91 Å². The smallest absolute Gasteiger partial charge is 0.262 e. The maximum atomic E-state index is 13.5. The van der Waals surface area contributed by atoms with Crippen molar-refractivity contribution in [1.29, 1.82) is 0 Å². The number of ether oxygens (including phenoxy) is 1. The molecule has 0 saturated carbocycles. The third-order valence-corrected chi connectivity index (χ3v) is 6.25. The Morgan fingerprint density at radius 1 is 1.00 bits per heavy atom. The van der Waals surface area contributed by atoms with Crippen LogP contribution in [-0.4, -0.2) is 44.9 Å². The van der Waals surface area contributed by atoms with Crippen LogP contribution in [0.15, 0.2) is 41.3 Å². The number of anilines is 1. The molecule has 2 aromatic carbocycles. The zero-order valence-corrected chi connectivity index (χ0v) is 16.7. The molecule has 1 aliphatic rings. The van der Waals surface area contributed by atoms with Crippen molar-refractivity contribution in [1.82, 2.24) is 9.73 Å². The summed E-state index contributed by atoms with van der Waals surface area (Å²) in [5.41, 5.74) is 2.95. The van der Waals surface area contributed by atoms with Gasteiger partial charge in [-0.05, 0) is 23.8 Å². The molecule has 0 atom stereocenters. The summed E-state index contributed by atoms with van der Waals surface area (Å²) in [6, 6.07) is 5.72. The second-order valence-electron chi connectivity index (χ2n) is 6.38. The minimum absolute atomic E-state index is 0.0422. The maximum Gasteiger partial charge on any atom is 0.262 e. The number of nitrogens with zero attached hydrogens (tertiary/aromatic N) is 1. The first kappa shape index (κ1) is 22.7. The van der Waals surface area contributed by atoms with Crippen LogP contribution in [0.4, 0.5) is 23.2 Å². The lowest BCUT2D eigenvalue weighted by atomic mass is 10.2. The molecule has 2 N–H and O–H groups in total. The highest BCUT2D eigenvalue weighted by atomic mass is 32.2. The fourth-order valence-electron chi connectivity index (χ4n) is 2.71. The number of carbonyl (C=O) groups excluding carboxylic acids is 1. The molecule has 3 rings (SSSR count). The second kappa shape index (κ2) is 9.45. The van der Waals surface area contributed by atoms with Crippen molar-refractivity contribution in [3.8, 4) is 0 Å². The van der Waals surface area contributed by atoms with E-state index in [1.54, 1.807) is 5.43 Å². The minimum atomic E-state index is -3.66. The number of benzene rings is 2. The van der Waals surface area contributed by atoms with Crippen LogP contribution < -0.4 is 10.9 Å². The summed E-state index contributed by atoms with van der Waals surface area (Å²) >= 11 is 0. The third-order valence-electron chi connectivity index (χ3n) is 4.34. The highest BCUT2D eigenvalue weighted by molar-refractivity contribution is 7.89. The molecule has 0 bridgehead atoms. The molecule has 0 radical (unpaired) electrons. The van der Waals surface area contributed by atoms with Gasteiger partial charge in [0.1, 0.15) is 5.69 Å². The molecule has 31 heavy (non-hydrogen) atoms. The largest absolute Gasteiger partial charge is 0.379 e. The van der Waals surface area contributed by atoms with Crippen LogP contribution in [0, 0.1) is 23.3 Å². The molecule has 0 spiro atoms. The number of sulfonamides is 1. The Bertz CT molecular complexity index is 1080. The van der Waals surface area contributed by atoms with Gasteiger partial charge >= 0.3 is 0 Å². The summed E-state index contributed by atoms with van der Waals surface area (Å²) in [5.74, 6) is -7.52. The van der Waals surface area contributed by atoms with Gasteiger partial charge in [-0.25, -0.2) is 26.0 Å². The number of hydrazine groups is 1. The Morgan fingerprint density at radius 3 is 2.16 bits per heavy atom. The van der Waals surface area contributed by atoms with Crippen molar-refractivity contribution >= 4 is 27.7 Å². The third kappa shape index (κ3) is 5.21. The van der Waals surface area contributed by atoms with Crippen molar-refractivity contribution in [2.24, 2.45) is 0 Å². The van der Waals surface area contributed by atoms with Crippen LogP contribution in [0.3, 0.4) is 0 Å². The zero-order chi connectivity index (χ0) is 22.6. The van der Waals surface area contributed by atoms with Gasteiger partial charge in [0.15, 0.2) is 23.3 Å². The average Bonchev–Trinajstić information content (AvgIpc) is 2.77. The Morgan fingerprint density at radius 2 is 1.58 bits per heavy atom. The van der Waals surface area contributed by atoms with Gasteiger partial charge in [0, 0.05) is 25.2 Å². The highest BCUT2D eigenvalue weighted by Gasteiger charge is 2.26. The van der Waals surface area contributed by atoms with E-state index in [1.807, 2.05) is 5.43 Å². The predicted molar refractivity (Wildman–Crippen MR) is 103 cm³/mol. The van der Waals surface area contributed by atoms with Crippen molar-refractivity contribution in [3.05, 3.63) is 65.2 Å². The monoisotopic (exact) mass is 459 g/mol. The lowest BCUT2D eigenvalue weighted by Gasteiger charge is -2.26. The normalized spacial score (nSPS) is 15.2. The molecule has 1 amide bonds. The van der Waals surface area contributed by atoms with Gasteiger partial charge in [-0.1, -0.05) is 12.1 Å². The standard InChI is InChI=1S/C19H17F4N3O4S/c20-14-11-15(21)18(23)19(17(14)22)25-24-16(27)6-3-12-1-4-13(5-2-12)31(28,29)26-7-9-30-10-8-26/h1-6,11,25H,7-10H2,(H,24,27). The summed E-state index contributed by atoms with van der Waals surface area (Å²) in [7, 11) is -3.66. The molecule has 1 heterocycles. The molecular weight excluding hydrogens is 442 g/mol. The van der Waals surface area contributed by atoms with Crippen molar-refractivity contribution < 1.29 is 35.5 Å². The molecule has 1 saturated heterocycles. The van der Waals surface area contributed by atoms with E-state index in [-0.39, 0.29) is 24.1 Å². The Balaban J connectivity index is 1.63. The fourth-order valence-corrected chi connectivity index (χ4v) is 4.12. The molecule has 7 nitrogen and oxygen atoms in total. The van der Waals surface area contributed by atoms with Gasteiger partial charge in [0.05, 0.1) is 18.1 Å². The summed E-state index contributed by atoms with van der Waals surface area (Å²) in [6.45, 7) is 1.15. The number of halogens is 4. The first-order chi connectivity index (χ1) is 14.7. The number of nitrogens with one attached hydrogen (secondary N) is 2. The number of morpholine rings is 1. The summed E-state index contributed by atoms with van der Waals surface area (Å²) < 4.78 is 84.9.